The Morgan fingerprint density at radius 3 is 2.94 bits per heavy atom. The summed E-state index contributed by atoms with van der Waals surface area (Å²) in [6.07, 6.45) is 1.98. The first-order chi connectivity index (χ1) is 7.74. The maximum atomic E-state index is 11.5. The van der Waals surface area contributed by atoms with Crippen molar-refractivity contribution in [2.75, 3.05) is 31.7 Å². The SMILES string of the molecule is CCN(CCCO)c1nc[nH]c(=O)c1OC. The average Bonchev–Trinajstić information content (AvgIpc) is 2.30. The molecule has 0 amide bonds. The number of methoxy groups -OCH3 is 1. The van der Waals surface area contributed by atoms with Gasteiger partial charge in [-0.25, -0.2) is 4.98 Å². The fourth-order valence-electron chi connectivity index (χ4n) is 1.46. The molecule has 0 aliphatic rings. The van der Waals surface area contributed by atoms with Gasteiger partial charge in [-0.1, -0.05) is 0 Å². The molecular weight excluding hydrogens is 210 g/mol. The van der Waals surface area contributed by atoms with Gasteiger partial charge in [0.1, 0.15) is 0 Å². The molecule has 1 aromatic heterocycles. The summed E-state index contributed by atoms with van der Waals surface area (Å²) in [5, 5.41) is 8.79. The van der Waals surface area contributed by atoms with Crippen molar-refractivity contribution in [3.05, 3.63) is 16.7 Å². The van der Waals surface area contributed by atoms with Crippen LogP contribution in [0.2, 0.25) is 0 Å². The predicted octanol–water partition coefficient (Wildman–Crippen LogP) is -0.0128. The van der Waals surface area contributed by atoms with Crippen LogP contribution in [-0.2, 0) is 0 Å². The van der Waals surface area contributed by atoms with Crippen LogP contribution in [0.1, 0.15) is 13.3 Å². The monoisotopic (exact) mass is 227 g/mol. The molecule has 0 saturated heterocycles. The van der Waals surface area contributed by atoms with Gasteiger partial charge in [-0.15, -0.1) is 0 Å². The molecule has 90 valence electrons. The number of anilines is 1. The molecule has 1 aromatic rings. The van der Waals surface area contributed by atoms with Crippen LogP contribution in [0, 0.1) is 0 Å². The summed E-state index contributed by atoms with van der Waals surface area (Å²) in [6.45, 7) is 3.41. The molecule has 0 aliphatic heterocycles. The smallest absolute Gasteiger partial charge is 0.295 e. The minimum atomic E-state index is -0.296. The highest BCUT2D eigenvalue weighted by Crippen LogP contribution is 2.19. The van der Waals surface area contributed by atoms with Crippen molar-refractivity contribution < 1.29 is 9.84 Å². The lowest BCUT2D eigenvalue weighted by atomic mass is 10.3. The molecule has 0 saturated carbocycles. The second-order valence-corrected chi connectivity index (χ2v) is 3.25. The van der Waals surface area contributed by atoms with Gasteiger partial charge in [0.15, 0.2) is 5.82 Å². The number of nitrogens with one attached hydrogen (secondary N) is 1. The van der Waals surface area contributed by atoms with E-state index in [9.17, 15) is 4.79 Å². The first kappa shape index (κ1) is 12.5. The third-order valence-electron chi connectivity index (χ3n) is 2.26. The van der Waals surface area contributed by atoms with Gasteiger partial charge in [-0.05, 0) is 13.3 Å². The largest absolute Gasteiger partial charge is 0.489 e. The molecular formula is C10H17N3O3. The lowest BCUT2D eigenvalue weighted by Crippen LogP contribution is -2.28. The van der Waals surface area contributed by atoms with E-state index in [0.717, 1.165) is 0 Å². The van der Waals surface area contributed by atoms with Crippen LogP contribution in [0.15, 0.2) is 11.1 Å². The molecule has 0 aliphatic carbocycles. The summed E-state index contributed by atoms with van der Waals surface area (Å²) in [6, 6.07) is 0. The van der Waals surface area contributed by atoms with Crippen molar-refractivity contribution in [3.63, 3.8) is 0 Å². The summed E-state index contributed by atoms with van der Waals surface area (Å²) in [7, 11) is 1.44. The lowest BCUT2D eigenvalue weighted by Gasteiger charge is -2.22. The molecule has 6 nitrogen and oxygen atoms in total. The van der Waals surface area contributed by atoms with E-state index in [-0.39, 0.29) is 17.9 Å². The second-order valence-electron chi connectivity index (χ2n) is 3.25. The van der Waals surface area contributed by atoms with Crippen molar-refractivity contribution in [1.29, 1.82) is 0 Å². The molecule has 0 spiro atoms. The van der Waals surface area contributed by atoms with E-state index < -0.39 is 0 Å². The second kappa shape index (κ2) is 6.12. The molecule has 2 N–H and O–H groups in total. The summed E-state index contributed by atoms with van der Waals surface area (Å²) in [5.74, 6) is 0.726. The summed E-state index contributed by atoms with van der Waals surface area (Å²) < 4.78 is 5.03. The molecule has 0 radical (unpaired) electrons. The Hall–Kier alpha value is -1.56. The fourth-order valence-corrected chi connectivity index (χ4v) is 1.46. The van der Waals surface area contributed by atoms with Gasteiger partial charge in [-0.3, -0.25) is 4.79 Å². The van der Waals surface area contributed by atoms with Crippen molar-refractivity contribution >= 4 is 5.82 Å². The summed E-state index contributed by atoms with van der Waals surface area (Å²) in [5.41, 5.74) is -0.296. The Morgan fingerprint density at radius 1 is 1.62 bits per heavy atom. The van der Waals surface area contributed by atoms with Crippen LogP contribution in [0.5, 0.6) is 5.75 Å². The van der Waals surface area contributed by atoms with Crippen LogP contribution in [0.4, 0.5) is 5.82 Å². The van der Waals surface area contributed by atoms with Crippen LogP contribution in [0.25, 0.3) is 0 Å². The fraction of sp³-hybridized carbons (Fsp3) is 0.600. The maximum Gasteiger partial charge on any atom is 0.295 e. The zero-order valence-corrected chi connectivity index (χ0v) is 9.56. The third kappa shape index (κ3) is 2.73. The number of ether oxygens (including phenoxy) is 1. The Balaban J connectivity index is 2.99. The predicted molar refractivity (Wildman–Crippen MR) is 61.0 cm³/mol. The van der Waals surface area contributed by atoms with Crippen LogP contribution in [-0.4, -0.2) is 41.9 Å². The van der Waals surface area contributed by atoms with E-state index in [4.69, 9.17) is 9.84 Å². The number of nitrogens with zero attached hydrogens (tertiary/aromatic N) is 2. The zero-order valence-electron chi connectivity index (χ0n) is 9.56. The maximum absolute atomic E-state index is 11.5. The highest BCUT2D eigenvalue weighted by atomic mass is 16.5. The standard InChI is InChI=1S/C10H17N3O3/c1-3-13(5-4-6-14)9-8(16-2)10(15)12-7-11-9/h7,14H,3-6H2,1-2H3,(H,11,12,15). The number of rotatable bonds is 6. The first-order valence-corrected chi connectivity index (χ1v) is 5.22. The van der Waals surface area contributed by atoms with Crippen molar-refractivity contribution in [2.45, 2.75) is 13.3 Å². The van der Waals surface area contributed by atoms with Gasteiger partial charge < -0.3 is 19.7 Å². The van der Waals surface area contributed by atoms with Crippen molar-refractivity contribution in [3.8, 4) is 5.75 Å². The molecule has 1 rings (SSSR count). The molecule has 0 bridgehead atoms. The molecule has 1 heterocycles. The Morgan fingerprint density at radius 2 is 2.38 bits per heavy atom. The quantitative estimate of drug-likeness (QED) is 0.714. The van der Waals surface area contributed by atoms with Gasteiger partial charge >= 0.3 is 0 Å². The van der Waals surface area contributed by atoms with E-state index in [0.29, 0.717) is 25.3 Å². The number of aliphatic hydroxyl groups excluding tert-OH is 1. The van der Waals surface area contributed by atoms with Gasteiger partial charge in [0.05, 0.1) is 13.4 Å². The first-order valence-electron chi connectivity index (χ1n) is 5.22. The Kier molecular flexibility index (Phi) is 4.78. The number of aliphatic hydroxyl groups is 1. The number of hydrogen-bond donors (Lipinski definition) is 2. The van der Waals surface area contributed by atoms with Gasteiger partial charge in [-0.2, -0.15) is 0 Å². The molecule has 0 aromatic carbocycles. The molecule has 0 fully saturated rings. The van der Waals surface area contributed by atoms with E-state index in [1.165, 1.54) is 13.4 Å². The zero-order chi connectivity index (χ0) is 12.0. The number of aromatic nitrogens is 2. The van der Waals surface area contributed by atoms with Crippen molar-refractivity contribution in [2.24, 2.45) is 0 Å². The summed E-state index contributed by atoms with van der Waals surface area (Å²) >= 11 is 0. The summed E-state index contributed by atoms with van der Waals surface area (Å²) in [4.78, 5) is 19.9. The Bertz CT molecular complexity index is 378. The van der Waals surface area contributed by atoms with Gasteiger partial charge in [0, 0.05) is 19.7 Å². The lowest BCUT2D eigenvalue weighted by molar-refractivity contribution is 0.289. The van der Waals surface area contributed by atoms with Gasteiger partial charge in [0.25, 0.3) is 5.56 Å². The van der Waals surface area contributed by atoms with E-state index in [1.54, 1.807) is 0 Å². The highest BCUT2D eigenvalue weighted by Gasteiger charge is 2.14. The third-order valence-corrected chi connectivity index (χ3v) is 2.26. The van der Waals surface area contributed by atoms with Gasteiger partial charge in [0.2, 0.25) is 5.75 Å². The number of H-pyrrole nitrogens is 1. The van der Waals surface area contributed by atoms with E-state index in [2.05, 4.69) is 9.97 Å². The van der Waals surface area contributed by atoms with E-state index >= 15 is 0 Å². The average molecular weight is 227 g/mol. The molecule has 0 unspecified atom stereocenters. The van der Waals surface area contributed by atoms with E-state index in [1.807, 2.05) is 11.8 Å². The molecule has 16 heavy (non-hydrogen) atoms. The molecule has 6 heteroatoms. The minimum absolute atomic E-state index is 0.113. The normalized spacial score (nSPS) is 10.2. The van der Waals surface area contributed by atoms with Crippen LogP contribution >= 0.6 is 0 Å². The van der Waals surface area contributed by atoms with Crippen molar-refractivity contribution in [1.82, 2.24) is 9.97 Å². The van der Waals surface area contributed by atoms with Crippen LogP contribution < -0.4 is 15.2 Å². The Labute approximate surface area is 93.9 Å². The van der Waals surface area contributed by atoms with Crippen LogP contribution in [0.3, 0.4) is 0 Å². The number of aromatic amines is 1. The highest BCUT2D eigenvalue weighted by molar-refractivity contribution is 5.50. The topological polar surface area (TPSA) is 78.5 Å². The molecule has 0 atom stereocenters. The minimum Gasteiger partial charge on any atom is -0.489 e. The number of hydrogen-bond acceptors (Lipinski definition) is 5.